The number of nitrogens with two attached hydrogens (primary N) is 2. The minimum atomic E-state index is -0.126. The summed E-state index contributed by atoms with van der Waals surface area (Å²) in [4.78, 5) is 15.8. The van der Waals surface area contributed by atoms with Crippen LogP contribution in [0.5, 0.6) is 0 Å². The molecule has 7 heteroatoms. The third kappa shape index (κ3) is 6.00. The quantitative estimate of drug-likeness (QED) is 0.457. The molecule has 1 aromatic rings. The summed E-state index contributed by atoms with van der Waals surface area (Å²) in [5.41, 5.74) is 9.76. The van der Waals surface area contributed by atoms with Crippen molar-refractivity contribution in [2.24, 2.45) is 11.5 Å². The Labute approximate surface area is 85.2 Å². The average molecular weight is 218 g/mol. The molecule has 0 aliphatic rings. The fourth-order valence-corrected chi connectivity index (χ4v) is 0.629. The predicted molar refractivity (Wildman–Crippen MR) is 58.0 cm³/mol. The highest BCUT2D eigenvalue weighted by Gasteiger charge is 1.86. The molecule has 0 fully saturated rings. The topological polar surface area (TPSA) is 101 Å². The van der Waals surface area contributed by atoms with E-state index in [0.717, 1.165) is 0 Å². The fraction of sp³-hybridized carbons (Fsp3) is 0.167. The molecular weight excluding hydrogens is 208 g/mol. The van der Waals surface area contributed by atoms with Gasteiger partial charge in [-0.15, -0.1) is 0 Å². The Morgan fingerprint density at radius 3 is 2.31 bits per heavy atom. The zero-order valence-corrected chi connectivity index (χ0v) is 8.59. The molecule has 72 valence electrons. The lowest BCUT2D eigenvalue weighted by atomic mass is 10.4. The first-order valence-electron chi connectivity index (χ1n) is 3.27. The normalized spacial score (nSPS) is 8.38. The zero-order valence-electron chi connectivity index (χ0n) is 6.96. The molecule has 1 rings (SSSR count). The van der Waals surface area contributed by atoms with Gasteiger partial charge < -0.3 is 16.5 Å². The number of aryl methyl sites for hydroxylation is 1. The number of hydrogen-bond donors (Lipinski definition) is 4. The second kappa shape index (κ2) is 5.44. The largest absolute Gasteiger partial charge is 0.377 e. The molecule has 0 saturated heterocycles. The van der Waals surface area contributed by atoms with Crippen LogP contribution < -0.4 is 17.0 Å². The van der Waals surface area contributed by atoms with E-state index in [1.807, 2.05) is 0 Å². The molecular formula is C6H10N4OS2. The van der Waals surface area contributed by atoms with Crippen molar-refractivity contribution < 1.29 is 0 Å². The molecule has 13 heavy (non-hydrogen) atoms. The van der Waals surface area contributed by atoms with Gasteiger partial charge in [0.1, 0.15) is 0 Å². The average Bonchev–Trinajstić information content (AvgIpc) is 1.96. The summed E-state index contributed by atoms with van der Waals surface area (Å²) in [6.45, 7) is 1.71. The Bertz CT molecular complexity index is 390. The lowest BCUT2D eigenvalue weighted by Crippen LogP contribution is -2.18. The van der Waals surface area contributed by atoms with E-state index in [1.54, 1.807) is 13.1 Å². The van der Waals surface area contributed by atoms with Crippen molar-refractivity contribution in [2.45, 2.75) is 6.92 Å². The highest BCUT2D eigenvalue weighted by molar-refractivity contribution is 7.80. The van der Waals surface area contributed by atoms with Crippen LogP contribution in [0.1, 0.15) is 5.56 Å². The van der Waals surface area contributed by atoms with Crippen LogP contribution in [-0.2, 0) is 0 Å². The first-order chi connectivity index (χ1) is 5.93. The number of rotatable bonds is 0. The van der Waals surface area contributed by atoms with Crippen molar-refractivity contribution in [1.82, 2.24) is 9.97 Å². The van der Waals surface area contributed by atoms with Crippen LogP contribution in [0.2, 0.25) is 0 Å². The summed E-state index contributed by atoms with van der Waals surface area (Å²) < 4.78 is 0.366. The van der Waals surface area contributed by atoms with Crippen LogP contribution in [0, 0.1) is 11.7 Å². The Hall–Kier alpha value is -1.21. The highest BCUT2D eigenvalue weighted by atomic mass is 32.1. The van der Waals surface area contributed by atoms with Crippen molar-refractivity contribution in [3.63, 3.8) is 0 Å². The maximum atomic E-state index is 10.7. The third-order valence-corrected chi connectivity index (χ3v) is 1.22. The standard InChI is InChI=1S/C5H6N2OS.CH4N2S/c1-3-2-6-5(9)7-4(3)8;2-1(3)4/h2H,1H3,(H2,6,7,8,9);(H4,2,3,4). The number of aromatic amines is 2. The molecule has 0 unspecified atom stereocenters. The summed E-state index contributed by atoms with van der Waals surface area (Å²) in [5.74, 6) is 0. The number of aromatic nitrogens is 2. The minimum Gasteiger partial charge on any atom is -0.377 e. The van der Waals surface area contributed by atoms with E-state index < -0.39 is 0 Å². The molecule has 6 N–H and O–H groups in total. The molecule has 5 nitrogen and oxygen atoms in total. The van der Waals surface area contributed by atoms with E-state index in [-0.39, 0.29) is 10.7 Å². The van der Waals surface area contributed by atoms with E-state index in [9.17, 15) is 4.79 Å². The van der Waals surface area contributed by atoms with Crippen molar-refractivity contribution in [1.29, 1.82) is 0 Å². The van der Waals surface area contributed by atoms with Crippen LogP contribution >= 0.6 is 24.4 Å². The van der Waals surface area contributed by atoms with Crippen LogP contribution in [0.15, 0.2) is 11.0 Å². The Kier molecular flexibility index (Phi) is 4.93. The smallest absolute Gasteiger partial charge is 0.254 e. The number of H-pyrrole nitrogens is 2. The van der Waals surface area contributed by atoms with Gasteiger partial charge >= 0.3 is 0 Å². The molecule has 1 heterocycles. The van der Waals surface area contributed by atoms with Crippen LogP contribution in [0.4, 0.5) is 0 Å². The molecule has 0 radical (unpaired) electrons. The van der Waals surface area contributed by atoms with Gasteiger partial charge in [0, 0.05) is 11.8 Å². The number of thiocarbonyl (C=S) groups is 1. The van der Waals surface area contributed by atoms with Crippen LogP contribution in [0.3, 0.4) is 0 Å². The third-order valence-electron chi connectivity index (χ3n) is 1.00. The summed E-state index contributed by atoms with van der Waals surface area (Å²) in [7, 11) is 0. The minimum absolute atomic E-state index is 0.000000000000000222. The second-order valence-corrected chi connectivity index (χ2v) is 3.04. The Morgan fingerprint density at radius 2 is 2.00 bits per heavy atom. The molecule has 0 amide bonds. The molecule has 0 aliphatic carbocycles. The van der Waals surface area contributed by atoms with E-state index in [2.05, 4.69) is 45.9 Å². The molecule has 0 spiro atoms. The second-order valence-electron chi connectivity index (χ2n) is 2.16. The van der Waals surface area contributed by atoms with Gasteiger partial charge in [-0.2, -0.15) is 0 Å². The monoisotopic (exact) mass is 218 g/mol. The number of hydrogen-bond acceptors (Lipinski definition) is 3. The summed E-state index contributed by atoms with van der Waals surface area (Å²) in [5, 5.41) is 0.000000000000000222. The maximum absolute atomic E-state index is 10.7. The van der Waals surface area contributed by atoms with E-state index in [4.69, 9.17) is 0 Å². The van der Waals surface area contributed by atoms with Gasteiger partial charge in [-0.3, -0.25) is 9.78 Å². The number of nitrogens with one attached hydrogen (secondary N) is 2. The Morgan fingerprint density at radius 1 is 1.54 bits per heavy atom. The molecule has 0 aromatic carbocycles. The predicted octanol–water partition coefficient (Wildman–Crippen LogP) is -0.0704. The molecule has 0 bridgehead atoms. The van der Waals surface area contributed by atoms with Crippen molar-refractivity contribution in [3.8, 4) is 0 Å². The zero-order chi connectivity index (χ0) is 10.4. The van der Waals surface area contributed by atoms with Crippen molar-refractivity contribution in [3.05, 3.63) is 26.9 Å². The van der Waals surface area contributed by atoms with E-state index in [1.165, 1.54) is 0 Å². The van der Waals surface area contributed by atoms with Gasteiger partial charge in [0.15, 0.2) is 9.88 Å². The van der Waals surface area contributed by atoms with Crippen molar-refractivity contribution >= 4 is 29.5 Å². The van der Waals surface area contributed by atoms with Gasteiger partial charge in [0.2, 0.25) is 0 Å². The molecule has 0 saturated carbocycles. The van der Waals surface area contributed by atoms with Gasteiger partial charge in [-0.1, -0.05) is 0 Å². The fourth-order valence-electron chi connectivity index (χ4n) is 0.477. The Balaban J connectivity index is 0.000000310. The van der Waals surface area contributed by atoms with Crippen molar-refractivity contribution in [2.75, 3.05) is 0 Å². The molecule has 0 atom stereocenters. The van der Waals surface area contributed by atoms with Gasteiger partial charge in [-0.05, 0) is 31.4 Å². The van der Waals surface area contributed by atoms with Crippen LogP contribution in [-0.4, -0.2) is 15.1 Å². The van der Waals surface area contributed by atoms with Crippen LogP contribution in [0.25, 0.3) is 0 Å². The van der Waals surface area contributed by atoms with Gasteiger partial charge in [0.25, 0.3) is 5.56 Å². The first-order valence-corrected chi connectivity index (χ1v) is 4.08. The van der Waals surface area contributed by atoms with E-state index >= 15 is 0 Å². The summed E-state index contributed by atoms with van der Waals surface area (Å²) >= 11 is 8.74. The maximum Gasteiger partial charge on any atom is 0.254 e. The van der Waals surface area contributed by atoms with Gasteiger partial charge in [0.05, 0.1) is 0 Å². The van der Waals surface area contributed by atoms with E-state index in [0.29, 0.717) is 10.3 Å². The SMILES string of the molecule is Cc1c[nH]c(=S)[nH]c1=O.NC(N)=S. The summed E-state index contributed by atoms with van der Waals surface area (Å²) in [6, 6.07) is 0. The highest BCUT2D eigenvalue weighted by Crippen LogP contribution is 1.79. The summed E-state index contributed by atoms with van der Waals surface area (Å²) in [6.07, 6.45) is 1.58. The van der Waals surface area contributed by atoms with Gasteiger partial charge in [-0.25, -0.2) is 0 Å². The first kappa shape index (κ1) is 11.8. The lowest BCUT2D eigenvalue weighted by Gasteiger charge is -1.86. The molecule has 1 aromatic heterocycles. The lowest BCUT2D eigenvalue weighted by molar-refractivity contribution is 1.05. The molecule has 0 aliphatic heterocycles.